The molecule has 1 fully saturated rings. The number of piperidine rings is 1. The van der Waals surface area contributed by atoms with Crippen LogP contribution in [0.5, 0.6) is 0 Å². The van der Waals surface area contributed by atoms with Crippen LogP contribution in [0.1, 0.15) is 46.0 Å². The van der Waals surface area contributed by atoms with Crippen LogP contribution in [-0.4, -0.2) is 30.7 Å². The number of nitrogens with one attached hydrogen (secondary N) is 1. The fourth-order valence-electron chi connectivity index (χ4n) is 2.47. The van der Waals surface area contributed by atoms with Gasteiger partial charge in [-0.3, -0.25) is 5.43 Å². The molecule has 0 bridgehead atoms. The molecule has 0 aliphatic carbocycles. The predicted octanol–water partition coefficient (Wildman–Crippen LogP) is 1.74. The van der Waals surface area contributed by atoms with Crippen molar-refractivity contribution in [2.24, 2.45) is 11.7 Å². The maximum atomic E-state index is 5.85. The van der Waals surface area contributed by atoms with Gasteiger partial charge in [0, 0.05) is 25.7 Å². The summed E-state index contributed by atoms with van der Waals surface area (Å²) in [6, 6.07) is 0.470. The summed E-state index contributed by atoms with van der Waals surface area (Å²) in [5.41, 5.74) is 9.47. The van der Waals surface area contributed by atoms with Crippen LogP contribution in [0.25, 0.3) is 0 Å². The first-order chi connectivity index (χ1) is 7.31. The van der Waals surface area contributed by atoms with Crippen LogP contribution in [0.3, 0.4) is 0 Å². The van der Waals surface area contributed by atoms with Crippen molar-refractivity contribution in [3.05, 3.63) is 0 Å². The molecule has 1 heterocycles. The number of rotatable bonds is 6. The summed E-state index contributed by atoms with van der Waals surface area (Å²) in [5.74, 6) is 0.719. The number of hydrogen-bond donors (Lipinski definition) is 2. The second-order valence-corrected chi connectivity index (χ2v) is 4.60. The Balaban J connectivity index is 2.36. The molecule has 3 nitrogen and oxygen atoms in total. The average molecular weight is 213 g/mol. The minimum absolute atomic E-state index is 0.470. The molecule has 0 aromatic rings. The zero-order valence-corrected chi connectivity index (χ0v) is 10.3. The summed E-state index contributed by atoms with van der Waals surface area (Å²) in [7, 11) is 0. The highest BCUT2D eigenvalue weighted by atomic mass is 15.5. The van der Waals surface area contributed by atoms with E-state index in [1.165, 1.54) is 45.2 Å². The highest BCUT2D eigenvalue weighted by molar-refractivity contribution is 4.75. The van der Waals surface area contributed by atoms with E-state index in [1.807, 2.05) is 0 Å². The molecular weight excluding hydrogens is 186 g/mol. The smallest absolute Gasteiger partial charge is 0.0365 e. The normalized spacial score (nSPS) is 20.8. The van der Waals surface area contributed by atoms with E-state index in [4.69, 9.17) is 5.73 Å². The summed E-state index contributed by atoms with van der Waals surface area (Å²) in [6.07, 6.45) is 6.48. The predicted molar refractivity (Wildman–Crippen MR) is 65.5 cm³/mol. The highest BCUT2D eigenvalue weighted by Crippen LogP contribution is 2.14. The first-order valence-electron chi connectivity index (χ1n) is 6.53. The SMILES string of the molecule is CCC(CC)C(CN)NN1CCCCC1. The monoisotopic (exact) mass is 213 g/mol. The van der Waals surface area contributed by atoms with Gasteiger partial charge in [0.2, 0.25) is 0 Å². The molecule has 0 saturated carbocycles. The Morgan fingerprint density at radius 2 is 1.73 bits per heavy atom. The van der Waals surface area contributed by atoms with Crippen molar-refractivity contribution in [3.63, 3.8) is 0 Å². The molecule has 1 rings (SSSR count). The standard InChI is InChI=1S/C12H27N3/c1-3-11(4-2)12(10-13)14-15-8-6-5-7-9-15/h11-12,14H,3-10,13H2,1-2H3. The van der Waals surface area contributed by atoms with Crippen molar-refractivity contribution in [2.45, 2.75) is 52.0 Å². The Bertz CT molecular complexity index is 151. The fraction of sp³-hybridized carbons (Fsp3) is 1.00. The van der Waals surface area contributed by atoms with Crippen LogP contribution in [0.2, 0.25) is 0 Å². The van der Waals surface area contributed by atoms with Gasteiger partial charge in [0.05, 0.1) is 0 Å². The van der Waals surface area contributed by atoms with E-state index in [9.17, 15) is 0 Å². The van der Waals surface area contributed by atoms with Gasteiger partial charge in [-0.1, -0.05) is 33.1 Å². The Hall–Kier alpha value is -0.120. The van der Waals surface area contributed by atoms with Crippen molar-refractivity contribution >= 4 is 0 Å². The lowest BCUT2D eigenvalue weighted by molar-refractivity contribution is 0.107. The van der Waals surface area contributed by atoms with Crippen LogP contribution in [0.15, 0.2) is 0 Å². The Labute approximate surface area is 94.4 Å². The third kappa shape index (κ3) is 4.09. The molecule has 1 unspecified atom stereocenters. The lowest BCUT2D eigenvalue weighted by atomic mass is 9.94. The largest absolute Gasteiger partial charge is 0.329 e. The van der Waals surface area contributed by atoms with Gasteiger partial charge in [0.25, 0.3) is 0 Å². The third-order valence-electron chi connectivity index (χ3n) is 3.58. The second-order valence-electron chi connectivity index (χ2n) is 4.60. The zero-order valence-electron chi connectivity index (χ0n) is 10.3. The Morgan fingerprint density at radius 1 is 1.13 bits per heavy atom. The number of nitrogens with two attached hydrogens (primary N) is 1. The van der Waals surface area contributed by atoms with E-state index in [0.717, 1.165) is 12.5 Å². The molecule has 0 radical (unpaired) electrons. The van der Waals surface area contributed by atoms with E-state index in [2.05, 4.69) is 24.3 Å². The van der Waals surface area contributed by atoms with Gasteiger partial charge < -0.3 is 5.73 Å². The summed E-state index contributed by atoms with van der Waals surface area (Å²) < 4.78 is 0. The summed E-state index contributed by atoms with van der Waals surface area (Å²) in [6.45, 7) is 7.65. The first kappa shape index (κ1) is 12.9. The van der Waals surface area contributed by atoms with Crippen LogP contribution < -0.4 is 11.2 Å². The third-order valence-corrected chi connectivity index (χ3v) is 3.58. The molecule has 1 aliphatic rings. The van der Waals surface area contributed by atoms with E-state index in [0.29, 0.717) is 6.04 Å². The van der Waals surface area contributed by atoms with E-state index < -0.39 is 0 Å². The van der Waals surface area contributed by atoms with Crippen LogP contribution in [-0.2, 0) is 0 Å². The fourth-order valence-corrected chi connectivity index (χ4v) is 2.47. The summed E-state index contributed by atoms with van der Waals surface area (Å²) in [5, 5.41) is 2.37. The zero-order chi connectivity index (χ0) is 11.1. The average Bonchev–Trinajstić information content (AvgIpc) is 2.30. The van der Waals surface area contributed by atoms with Crippen LogP contribution in [0, 0.1) is 5.92 Å². The van der Waals surface area contributed by atoms with E-state index >= 15 is 0 Å². The highest BCUT2D eigenvalue weighted by Gasteiger charge is 2.20. The lowest BCUT2D eigenvalue weighted by Gasteiger charge is -2.34. The molecule has 1 aliphatic heterocycles. The van der Waals surface area contributed by atoms with Gasteiger partial charge in [-0.15, -0.1) is 0 Å². The molecule has 0 spiro atoms. The molecule has 15 heavy (non-hydrogen) atoms. The molecule has 3 heteroatoms. The maximum absolute atomic E-state index is 5.85. The number of nitrogens with zero attached hydrogens (tertiary/aromatic N) is 1. The van der Waals surface area contributed by atoms with Gasteiger partial charge in [0.15, 0.2) is 0 Å². The lowest BCUT2D eigenvalue weighted by Crippen LogP contribution is -2.52. The molecule has 0 aromatic heterocycles. The molecular formula is C12H27N3. The minimum Gasteiger partial charge on any atom is -0.329 e. The molecule has 3 N–H and O–H groups in total. The van der Waals surface area contributed by atoms with Gasteiger partial charge in [-0.25, -0.2) is 5.01 Å². The maximum Gasteiger partial charge on any atom is 0.0365 e. The molecule has 90 valence electrons. The summed E-state index contributed by atoms with van der Waals surface area (Å²) >= 11 is 0. The van der Waals surface area contributed by atoms with E-state index in [1.54, 1.807) is 0 Å². The van der Waals surface area contributed by atoms with Crippen molar-refractivity contribution < 1.29 is 0 Å². The van der Waals surface area contributed by atoms with Crippen LogP contribution in [0.4, 0.5) is 0 Å². The van der Waals surface area contributed by atoms with Gasteiger partial charge in [-0.2, -0.15) is 0 Å². The second kappa shape index (κ2) is 7.20. The number of hydrazine groups is 1. The van der Waals surface area contributed by atoms with Gasteiger partial charge in [-0.05, 0) is 18.8 Å². The Morgan fingerprint density at radius 3 is 2.20 bits per heavy atom. The molecule has 1 saturated heterocycles. The van der Waals surface area contributed by atoms with Crippen molar-refractivity contribution in [1.82, 2.24) is 10.4 Å². The van der Waals surface area contributed by atoms with E-state index in [-0.39, 0.29) is 0 Å². The molecule has 0 amide bonds. The number of hydrogen-bond acceptors (Lipinski definition) is 3. The molecule has 0 aromatic carbocycles. The Kier molecular flexibility index (Phi) is 6.22. The minimum atomic E-state index is 0.470. The van der Waals surface area contributed by atoms with Crippen molar-refractivity contribution in [2.75, 3.05) is 19.6 Å². The molecule has 1 atom stereocenters. The van der Waals surface area contributed by atoms with Gasteiger partial charge >= 0.3 is 0 Å². The summed E-state index contributed by atoms with van der Waals surface area (Å²) in [4.78, 5) is 0. The van der Waals surface area contributed by atoms with Gasteiger partial charge in [0.1, 0.15) is 0 Å². The first-order valence-corrected chi connectivity index (χ1v) is 6.53. The van der Waals surface area contributed by atoms with Crippen molar-refractivity contribution in [1.29, 1.82) is 0 Å². The van der Waals surface area contributed by atoms with Crippen molar-refractivity contribution in [3.8, 4) is 0 Å². The van der Waals surface area contributed by atoms with Crippen LogP contribution >= 0.6 is 0 Å². The topological polar surface area (TPSA) is 41.3 Å². The quantitative estimate of drug-likeness (QED) is 0.706.